The van der Waals surface area contributed by atoms with Gasteiger partial charge in [-0.25, -0.2) is 4.39 Å². The van der Waals surface area contributed by atoms with Gasteiger partial charge in [0.05, 0.1) is 5.56 Å². The number of rotatable bonds is 2. The Morgan fingerprint density at radius 1 is 0.821 bits per heavy atom. The van der Waals surface area contributed by atoms with Crippen molar-refractivity contribution in [2.45, 2.75) is 0 Å². The maximum atomic E-state index is 13.4. The summed E-state index contributed by atoms with van der Waals surface area (Å²) in [4.78, 5) is 13.4. The largest absolute Gasteiger partial charge is 0.289 e. The van der Waals surface area contributed by atoms with E-state index >= 15 is 0 Å². The summed E-state index contributed by atoms with van der Waals surface area (Å²) in [6.45, 7) is 0. The first-order chi connectivity index (χ1) is 13.6. The molecule has 0 amide bonds. The topological polar surface area (TPSA) is 17.1 Å². The summed E-state index contributed by atoms with van der Waals surface area (Å²) in [5.74, 6) is 5.77. The third-order valence-electron chi connectivity index (χ3n) is 4.44. The molecule has 0 spiro atoms. The van der Waals surface area contributed by atoms with Crippen LogP contribution in [0.25, 0.3) is 10.8 Å². The highest BCUT2D eigenvalue weighted by atomic mass is 79.9. The Morgan fingerprint density at radius 2 is 1.50 bits per heavy atom. The Hall–Kier alpha value is -3.22. The fourth-order valence-electron chi connectivity index (χ4n) is 3.07. The molecule has 28 heavy (non-hydrogen) atoms. The predicted octanol–water partition coefficient (Wildman–Crippen LogP) is 6.37. The molecule has 0 unspecified atom stereocenters. The minimum atomic E-state index is -0.308. The number of halogens is 2. The van der Waals surface area contributed by atoms with Crippen molar-refractivity contribution in [1.29, 1.82) is 0 Å². The zero-order valence-electron chi connectivity index (χ0n) is 14.7. The molecule has 0 saturated heterocycles. The molecule has 0 aromatic heterocycles. The van der Waals surface area contributed by atoms with Gasteiger partial charge in [-0.05, 0) is 57.0 Å². The third-order valence-corrected chi connectivity index (χ3v) is 5.07. The smallest absolute Gasteiger partial charge is 0.194 e. The number of benzene rings is 4. The van der Waals surface area contributed by atoms with Crippen molar-refractivity contribution in [2.75, 3.05) is 0 Å². The van der Waals surface area contributed by atoms with E-state index in [0.717, 1.165) is 15.2 Å². The summed E-state index contributed by atoms with van der Waals surface area (Å²) < 4.78 is 13.9. The number of fused-ring (bicyclic) bond motifs is 1. The van der Waals surface area contributed by atoms with E-state index < -0.39 is 0 Å². The van der Waals surface area contributed by atoms with Gasteiger partial charge in [0, 0.05) is 21.2 Å². The average molecular weight is 429 g/mol. The lowest BCUT2D eigenvalue weighted by atomic mass is 9.92. The molecule has 0 atom stereocenters. The van der Waals surface area contributed by atoms with Crippen LogP contribution in [0.5, 0.6) is 0 Å². The lowest BCUT2D eigenvalue weighted by Crippen LogP contribution is -2.06. The summed E-state index contributed by atoms with van der Waals surface area (Å²) in [6, 6.07) is 24.9. The molecule has 0 bridgehead atoms. The fraction of sp³-hybridized carbons (Fsp3) is 0. The molecular weight excluding hydrogens is 415 g/mol. The fourth-order valence-corrected chi connectivity index (χ4v) is 3.62. The van der Waals surface area contributed by atoms with E-state index in [1.54, 1.807) is 24.3 Å². The average Bonchev–Trinajstić information content (AvgIpc) is 2.73. The maximum Gasteiger partial charge on any atom is 0.194 e. The molecule has 1 nitrogen and oxygen atoms in total. The predicted molar refractivity (Wildman–Crippen MR) is 114 cm³/mol. The Bertz CT molecular complexity index is 1230. The Morgan fingerprint density at radius 3 is 2.25 bits per heavy atom. The van der Waals surface area contributed by atoms with Gasteiger partial charge in [0.1, 0.15) is 5.82 Å². The van der Waals surface area contributed by atoms with Crippen LogP contribution in [0.1, 0.15) is 27.0 Å². The monoisotopic (exact) mass is 428 g/mol. The second kappa shape index (κ2) is 7.80. The van der Waals surface area contributed by atoms with E-state index in [-0.39, 0.29) is 11.6 Å². The van der Waals surface area contributed by atoms with Gasteiger partial charge in [-0.3, -0.25) is 4.79 Å². The van der Waals surface area contributed by atoms with Gasteiger partial charge < -0.3 is 0 Å². The van der Waals surface area contributed by atoms with E-state index in [1.807, 2.05) is 48.5 Å². The van der Waals surface area contributed by atoms with E-state index in [1.165, 1.54) is 12.1 Å². The van der Waals surface area contributed by atoms with E-state index in [4.69, 9.17) is 0 Å². The van der Waals surface area contributed by atoms with Gasteiger partial charge in [0.2, 0.25) is 0 Å². The van der Waals surface area contributed by atoms with Crippen LogP contribution in [0.15, 0.2) is 89.4 Å². The number of hydrogen-bond acceptors (Lipinski definition) is 1. The van der Waals surface area contributed by atoms with Crippen molar-refractivity contribution in [3.8, 4) is 11.8 Å². The van der Waals surface area contributed by atoms with Gasteiger partial charge >= 0.3 is 0 Å². The number of carbonyl (C=O) groups excluding carboxylic acids is 1. The van der Waals surface area contributed by atoms with E-state index in [2.05, 4.69) is 27.8 Å². The van der Waals surface area contributed by atoms with Gasteiger partial charge in [-0.2, -0.15) is 0 Å². The lowest BCUT2D eigenvalue weighted by molar-refractivity contribution is 0.104. The minimum absolute atomic E-state index is 0.0819. The van der Waals surface area contributed by atoms with E-state index in [0.29, 0.717) is 22.3 Å². The molecule has 0 heterocycles. The highest BCUT2D eigenvalue weighted by molar-refractivity contribution is 9.10. The zero-order valence-corrected chi connectivity index (χ0v) is 16.3. The van der Waals surface area contributed by atoms with Crippen LogP contribution in [0.4, 0.5) is 4.39 Å². The van der Waals surface area contributed by atoms with Crippen molar-refractivity contribution < 1.29 is 9.18 Å². The van der Waals surface area contributed by atoms with Crippen molar-refractivity contribution in [2.24, 2.45) is 0 Å². The molecule has 134 valence electrons. The Kier molecular flexibility index (Phi) is 5.06. The molecule has 4 aromatic rings. The van der Waals surface area contributed by atoms with Crippen LogP contribution in [0.2, 0.25) is 0 Å². The number of carbonyl (C=O) groups is 1. The molecule has 3 heteroatoms. The van der Waals surface area contributed by atoms with Gasteiger partial charge in [-0.15, -0.1) is 0 Å². The summed E-state index contributed by atoms with van der Waals surface area (Å²) in [6.07, 6.45) is 0. The van der Waals surface area contributed by atoms with Crippen LogP contribution < -0.4 is 0 Å². The molecule has 0 fully saturated rings. The second-order valence-electron chi connectivity index (χ2n) is 6.28. The quantitative estimate of drug-likeness (QED) is 0.267. The summed E-state index contributed by atoms with van der Waals surface area (Å²) >= 11 is 3.58. The van der Waals surface area contributed by atoms with Crippen LogP contribution in [0, 0.1) is 17.7 Å². The van der Waals surface area contributed by atoms with Crippen LogP contribution in [0.3, 0.4) is 0 Å². The molecule has 0 aliphatic heterocycles. The molecule has 4 aromatic carbocycles. The zero-order chi connectivity index (χ0) is 19.5. The first-order valence-corrected chi connectivity index (χ1v) is 9.51. The van der Waals surface area contributed by atoms with Crippen molar-refractivity contribution >= 4 is 32.5 Å². The van der Waals surface area contributed by atoms with E-state index in [9.17, 15) is 9.18 Å². The van der Waals surface area contributed by atoms with Gasteiger partial charge in [0.15, 0.2) is 5.78 Å². The van der Waals surface area contributed by atoms with Crippen LogP contribution >= 0.6 is 15.9 Å². The molecule has 0 aliphatic rings. The third kappa shape index (κ3) is 3.60. The van der Waals surface area contributed by atoms with Crippen molar-refractivity contribution in [3.63, 3.8) is 0 Å². The molecule has 4 rings (SSSR count). The minimum Gasteiger partial charge on any atom is -0.289 e. The Labute approximate surface area is 171 Å². The lowest BCUT2D eigenvalue weighted by Gasteiger charge is -2.11. The van der Waals surface area contributed by atoms with Crippen LogP contribution in [-0.4, -0.2) is 5.78 Å². The first kappa shape index (κ1) is 18.2. The second-order valence-corrected chi connectivity index (χ2v) is 7.14. The molecular formula is C25H14BrFO. The molecule has 0 N–H and O–H groups in total. The number of ketones is 1. The maximum absolute atomic E-state index is 13.4. The van der Waals surface area contributed by atoms with Crippen molar-refractivity contribution in [3.05, 3.63) is 117 Å². The summed E-state index contributed by atoms with van der Waals surface area (Å²) in [5.41, 5.74) is 2.47. The molecule has 0 saturated carbocycles. The molecule has 0 radical (unpaired) electrons. The summed E-state index contributed by atoms with van der Waals surface area (Å²) in [7, 11) is 0. The van der Waals surface area contributed by atoms with Crippen molar-refractivity contribution in [1.82, 2.24) is 0 Å². The highest BCUT2D eigenvalue weighted by Gasteiger charge is 2.19. The standard InChI is InChI=1S/C25H14BrFO/c26-23-16-19-8-4-5-9-21(19)24(25(28)18-6-2-1-3-7-18)22(23)15-12-17-10-13-20(27)14-11-17/h1-11,13-14,16H. The Balaban J connectivity index is 1.94. The first-order valence-electron chi connectivity index (χ1n) is 8.72. The normalized spacial score (nSPS) is 10.4. The van der Waals surface area contributed by atoms with Gasteiger partial charge in [-0.1, -0.05) is 66.4 Å². The SMILES string of the molecule is O=C(c1ccccc1)c1c(C#Cc2ccc(F)cc2)c(Br)cc2ccccc12. The molecule has 0 aliphatic carbocycles. The summed E-state index contributed by atoms with van der Waals surface area (Å²) in [5, 5.41) is 1.81. The van der Waals surface area contributed by atoms with Crippen LogP contribution in [-0.2, 0) is 0 Å². The van der Waals surface area contributed by atoms with Gasteiger partial charge in [0.25, 0.3) is 0 Å². The highest BCUT2D eigenvalue weighted by Crippen LogP contribution is 2.31. The number of hydrogen-bond donors (Lipinski definition) is 0.